The van der Waals surface area contributed by atoms with Gasteiger partial charge in [-0.25, -0.2) is 0 Å². The largest absolute Gasteiger partial charge is 0.365 e. The lowest BCUT2D eigenvalue weighted by atomic mass is 10.00. The quantitative estimate of drug-likeness (QED) is 0.0928. The Balaban J connectivity index is 0.941. The molecule has 15 heteroatoms. The maximum atomic E-state index is 13.4. The molecule has 0 saturated carbocycles. The van der Waals surface area contributed by atoms with Crippen molar-refractivity contribution < 1.29 is 33.6 Å². The molecule has 0 spiro atoms. The molecule has 0 bridgehead atoms. The van der Waals surface area contributed by atoms with Crippen LogP contribution in [-0.4, -0.2) is 84.0 Å². The van der Waals surface area contributed by atoms with Crippen molar-refractivity contribution in [3.8, 4) is 11.1 Å². The summed E-state index contributed by atoms with van der Waals surface area (Å²) in [5, 5.41) is 11.7. The molecule has 1 unspecified atom stereocenters. The van der Waals surface area contributed by atoms with E-state index < -0.39 is 41.5 Å². The minimum absolute atomic E-state index is 0.00525. The third kappa shape index (κ3) is 7.37. The zero-order chi connectivity index (χ0) is 39.5. The number of imide groups is 2. The number of likely N-dealkylation sites (N-methyl/N-ethyl adjacent to an activating group) is 1. The van der Waals surface area contributed by atoms with Crippen LogP contribution in [0.4, 0.5) is 17.1 Å². The summed E-state index contributed by atoms with van der Waals surface area (Å²) in [7, 11) is 1.60. The molecule has 1 fully saturated rings. The number of rotatable bonds is 12. The van der Waals surface area contributed by atoms with Gasteiger partial charge < -0.3 is 26.6 Å². The van der Waals surface area contributed by atoms with E-state index >= 15 is 0 Å². The Morgan fingerprint density at radius 3 is 2.34 bits per heavy atom. The van der Waals surface area contributed by atoms with Gasteiger partial charge in [0.25, 0.3) is 23.6 Å². The van der Waals surface area contributed by atoms with E-state index in [2.05, 4.69) is 26.3 Å². The third-order valence-electron chi connectivity index (χ3n) is 9.63. The molecule has 7 amide bonds. The molecule has 0 radical (unpaired) electrons. The van der Waals surface area contributed by atoms with Crippen molar-refractivity contribution in [3.63, 3.8) is 0 Å². The van der Waals surface area contributed by atoms with Crippen LogP contribution in [0.5, 0.6) is 0 Å². The van der Waals surface area contributed by atoms with Crippen LogP contribution in [0.2, 0.25) is 0 Å². The van der Waals surface area contributed by atoms with Gasteiger partial charge in [-0.2, -0.15) is 0 Å². The maximum Gasteiger partial charge on any atom is 0.264 e. The number of fused-ring (bicyclic) bond motifs is 2. The van der Waals surface area contributed by atoms with Crippen molar-refractivity contribution in [2.24, 2.45) is 5.73 Å². The Bertz CT molecular complexity index is 2430. The fourth-order valence-electron chi connectivity index (χ4n) is 6.83. The predicted molar refractivity (Wildman–Crippen MR) is 207 cm³/mol. The lowest BCUT2D eigenvalue weighted by Gasteiger charge is -2.28. The number of benzene rings is 4. The van der Waals surface area contributed by atoms with E-state index in [0.29, 0.717) is 27.8 Å². The van der Waals surface area contributed by atoms with Gasteiger partial charge in [0.05, 0.1) is 40.1 Å². The van der Waals surface area contributed by atoms with Gasteiger partial charge in [0.15, 0.2) is 0 Å². The summed E-state index contributed by atoms with van der Waals surface area (Å²) in [6, 6.07) is 25.7. The SMILES string of the molecule is CN(CC(=O)NCCNC(=O)c1ccc(-c2ccc3ncc(C(N)=O)c(Nc4ccccc4)c3c2)cc1)c1cccc2c1C(=O)N(C1CCC(=O)NC1=O)C2=O. The highest BCUT2D eigenvalue weighted by Gasteiger charge is 2.46. The molecular weight excluding hydrogens is 717 g/mol. The number of primary amides is 1. The van der Waals surface area contributed by atoms with Gasteiger partial charge in [-0.3, -0.25) is 48.8 Å². The number of anilines is 3. The van der Waals surface area contributed by atoms with E-state index in [1.54, 1.807) is 31.3 Å². The van der Waals surface area contributed by atoms with Gasteiger partial charge in [-0.15, -0.1) is 0 Å². The number of piperidine rings is 1. The molecule has 0 aliphatic carbocycles. The highest BCUT2D eigenvalue weighted by Crippen LogP contribution is 2.35. The molecule has 2 aliphatic rings. The number of aromatic nitrogens is 1. The first-order chi connectivity index (χ1) is 27.0. The average Bonchev–Trinajstić information content (AvgIpc) is 3.45. The Morgan fingerprint density at radius 1 is 0.875 bits per heavy atom. The lowest BCUT2D eigenvalue weighted by Crippen LogP contribution is -2.54. The van der Waals surface area contributed by atoms with Gasteiger partial charge in [-0.05, 0) is 66.1 Å². The van der Waals surface area contributed by atoms with Crippen LogP contribution in [0.25, 0.3) is 22.0 Å². The lowest BCUT2D eigenvalue weighted by molar-refractivity contribution is -0.136. The van der Waals surface area contributed by atoms with Gasteiger partial charge in [0.2, 0.25) is 17.7 Å². The first-order valence-corrected chi connectivity index (χ1v) is 17.8. The van der Waals surface area contributed by atoms with Crippen LogP contribution in [0.1, 0.15) is 54.3 Å². The number of pyridine rings is 1. The minimum Gasteiger partial charge on any atom is -0.365 e. The molecule has 5 aromatic rings. The first-order valence-electron chi connectivity index (χ1n) is 17.8. The molecule has 1 aromatic heterocycles. The van der Waals surface area contributed by atoms with Crippen molar-refractivity contribution in [2.45, 2.75) is 18.9 Å². The zero-order valence-electron chi connectivity index (χ0n) is 30.1. The second kappa shape index (κ2) is 15.5. The molecule has 56 heavy (non-hydrogen) atoms. The molecular formula is C41H36N8O7. The zero-order valence-corrected chi connectivity index (χ0v) is 30.1. The maximum absolute atomic E-state index is 13.4. The van der Waals surface area contributed by atoms with Crippen molar-refractivity contribution in [1.29, 1.82) is 0 Å². The van der Waals surface area contributed by atoms with Crippen LogP contribution in [0.15, 0.2) is 97.2 Å². The van der Waals surface area contributed by atoms with Gasteiger partial charge >= 0.3 is 0 Å². The van der Waals surface area contributed by atoms with E-state index in [4.69, 9.17) is 5.73 Å². The molecule has 6 N–H and O–H groups in total. The molecule has 1 saturated heterocycles. The number of para-hydroxylation sites is 1. The molecule has 3 heterocycles. The van der Waals surface area contributed by atoms with Crippen LogP contribution < -0.4 is 31.9 Å². The van der Waals surface area contributed by atoms with Crippen molar-refractivity contribution in [3.05, 3.63) is 119 Å². The third-order valence-corrected chi connectivity index (χ3v) is 9.63. The standard InChI is InChI=1S/C41H36N8O7/c1-48(31-9-5-8-27-35(31)41(56)49(40(27)55)32-16-17-33(50)47-39(32)54)22-34(51)43-18-19-44-38(53)24-12-10-23(11-13-24)25-14-15-30-28(20-25)36(29(21-45-30)37(42)52)46-26-6-3-2-4-7-26/h2-15,20-21,32H,16-19,22H2,1H3,(H2,42,52)(H,43,51)(H,44,53)(H,45,46)(H,47,50,54). The van der Waals surface area contributed by atoms with E-state index in [-0.39, 0.29) is 55.1 Å². The van der Waals surface area contributed by atoms with Crippen LogP contribution in [-0.2, 0) is 14.4 Å². The van der Waals surface area contributed by atoms with E-state index in [0.717, 1.165) is 21.7 Å². The van der Waals surface area contributed by atoms with Crippen LogP contribution in [0, 0.1) is 0 Å². The smallest absolute Gasteiger partial charge is 0.264 e. The fraction of sp³-hybridized carbons (Fsp3) is 0.171. The highest BCUT2D eigenvalue weighted by molar-refractivity contribution is 6.25. The number of nitrogens with zero attached hydrogens (tertiary/aromatic N) is 3. The van der Waals surface area contributed by atoms with Crippen molar-refractivity contribution >= 4 is 69.3 Å². The number of nitrogens with one attached hydrogen (secondary N) is 4. The Kier molecular flexibility index (Phi) is 10.2. The number of carbonyl (C=O) groups excluding carboxylic acids is 7. The summed E-state index contributed by atoms with van der Waals surface area (Å²) in [5.41, 5.74) is 10.5. The summed E-state index contributed by atoms with van der Waals surface area (Å²) in [6.45, 7) is 0.105. The van der Waals surface area contributed by atoms with E-state index in [1.165, 1.54) is 17.2 Å². The van der Waals surface area contributed by atoms with Gasteiger partial charge in [0, 0.05) is 49.4 Å². The number of nitrogens with two attached hydrogens (primary N) is 1. The predicted octanol–water partition coefficient (Wildman–Crippen LogP) is 3.13. The summed E-state index contributed by atoms with van der Waals surface area (Å²) in [6.07, 6.45) is 1.49. The normalized spacial score (nSPS) is 14.9. The van der Waals surface area contributed by atoms with Crippen LogP contribution >= 0.6 is 0 Å². The van der Waals surface area contributed by atoms with Gasteiger partial charge in [0.1, 0.15) is 6.04 Å². The summed E-state index contributed by atoms with van der Waals surface area (Å²) >= 11 is 0. The summed E-state index contributed by atoms with van der Waals surface area (Å²) in [4.78, 5) is 95.6. The Morgan fingerprint density at radius 2 is 1.61 bits per heavy atom. The van der Waals surface area contributed by atoms with E-state index in [1.807, 2.05) is 60.7 Å². The molecule has 15 nitrogen and oxygen atoms in total. The molecule has 2 aliphatic heterocycles. The molecule has 7 rings (SSSR count). The number of hydrogen-bond acceptors (Lipinski definition) is 10. The van der Waals surface area contributed by atoms with Gasteiger partial charge in [-0.1, -0.05) is 42.5 Å². The second-order valence-electron chi connectivity index (χ2n) is 13.3. The van der Waals surface area contributed by atoms with Crippen molar-refractivity contribution in [2.75, 3.05) is 36.9 Å². The second-order valence-corrected chi connectivity index (χ2v) is 13.3. The summed E-state index contributed by atoms with van der Waals surface area (Å²) in [5.74, 6) is -3.82. The Hall–Kier alpha value is -7.42. The molecule has 282 valence electrons. The topological polar surface area (TPSA) is 213 Å². The van der Waals surface area contributed by atoms with Crippen molar-refractivity contribution in [1.82, 2.24) is 25.8 Å². The number of amides is 7. The molecule has 4 aromatic carbocycles. The highest BCUT2D eigenvalue weighted by atomic mass is 16.2. The van der Waals surface area contributed by atoms with Crippen LogP contribution in [0.3, 0.4) is 0 Å². The minimum atomic E-state index is -1.10. The average molecular weight is 753 g/mol. The number of hydrogen-bond donors (Lipinski definition) is 5. The fourth-order valence-corrected chi connectivity index (χ4v) is 6.83. The molecule has 1 atom stereocenters. The Labute approximate surface area is 320 Å². The van der Waals surface area contributed by atoms with E-state index in [9.17, 15) is 33.6 Å². The monoisotopic (exact) mass is 752 g/mol. The first kappa shape index (κ1) is 36.9. The number of carbonyl (C=O) groups is 7. The summed E-state index contributed by atoms with van der Waals surface area (Å²) < 4.78 is 0.